The van der Waals surface area contributed by atoms with Crippen molar-refractivity contribution in [2.75, 3.05) is 6.61 Å². The van der Waals surface area contributed by atoms with Crippen LogP contribution in [0.1, 0.15) is 13.3 Å². The zero-order chi connectivity index (χ0) is 13.1. The fourth-order valence-corrected chi connectivity index (χ4v) is 1.24. The fourth-order valence-electron chi connectivity index (χ4n) is 1.24. The smallest absolute Gasteiger partial charge is 0.496 e. The van der Waals surface area contributed by atoms with Crippen LogP contribution in [0.25, 0.3) is 0 Å². The van der Waals surface area contributed by atoms with E-state index < -0.39 is 18.3 Å². The second kappa shape index (κ2) is 7.69. The Kier molecular flexibility index (Phi) is 7.77. The quantitative estimate of drug-likeness (QED) is 0.428. The monoisotopic (exact) mass is 286 g/mol. The van der Waals surface area contributed by atoms with Crippen LogP contribution in [-0.2, 0) is 0 Å². The van der Waals surface area contributed by atoms with Gasteiger partial charge in [-0.25, -0.2) is 4.39 Å². The molecule has 7 heteroatoms. The Bertz CT molecular complexity index is 420. The molecule has 0 aromatic heterocycles. The minimum atomic E-state index is -5.28. The van der Waals surface area contributed by atoms with Crippen molar-refractivity contribution in [3.63, 3.8) is 0 Å². The first-order valence-electron chi connectivity index (χ1n) is 5.07. The van der Waals surface area contributed by atoms with Gasteiger partial charge in [0.25, 0.3) is 0 Å². The molecule has 0 heterocycles. The van der Waals surface area contributed by atoms with Crippen LogP contribution in [0.2, 0.25) is 0 Å². The maximum atomic E-state index is 12.8. The second-order valence-electron chi connectivity index (χ2n) is 3.81. The van der Waals surface area contributed by atoms with Crippen molar-refractivity contribution in [1.29, 1.82) is 0 Å². The van der Waals surface area contributed by atoms with Crippen molar-refractivity contribution in [2.45, 2.75) is 13.3 Å². The van der Waals surface area contributed by atoms with Crippen LogP contribution in [0.5, 0.6) is 5.75 Å². The van der Waals surface area contributed by atoms with E-state index in [-0.39, 0.29) is 63.7 Å². The number of halogens is 4. The molecule has 1 aromatic carbocycles. The molecule has 0 atom stereocenters. The molecule has 0 aliphatic heterocycles. The van der Waals surface area contributed by atoms with Crippen molar-refractivity contribution >= 4 is 12.4 Å². The number of rotatable bonds is 5. The van der Waals surface area contributed by atoms with E-state index >= 15 is 0 Å². The maximum absolute atomic E-state index is 12.8. The molecule has 0 aliphatic carbocycles. The molecule has 0 unspecified atom stereocenters. The molecular weight excluding hydrogens is 274 g/mol. The van der Waals surface area contributed by atoms with Gasteiger partial charge in [-0.2, -0.15) is 0 Å². The molecule has 0 bridgehead atoms. The molecule has 1 nitrogen and oxygen atoms in total. The molecule has 0 N–H and O–H groups in total. The molecule has 0 fully saturated rings. The molecule has 0 radical (unpaired) electrons. The third-order valence-corrected chi connectivity index (χ3v) is 2.11. The Morgan fingerprint density at radius 1 is 1.33 bits per heavy atom. The summed E-state index contributed by atoms with van der Waals surface area (Å²) in [5.41, 5.74) is -0.224. The van der Waals surface area contributed by atoms with Crippen LogP contribution in [0.4, 0.5) is 17.3 Å². The number of benzene rings is 1. The molecular formula is C11H12BF4KO. The minimum Gasteiger partial charge on any atom is -0.496 e. The van der Waals surface area contributed by atoms with Gasteiger partial charge >= 0.3 is 58.4 Å². The molecule has 0 saturated heterocycles. The summed E-state index contributed by atoms with van der Waals surface area (Å²) in [5.74, 6) is -1.26. The van der Waals surface area contributed by atoms with E-state index in [1.165, 1.54) is 0 Å². The molecule has 0 spiro atoms. The largest absolute Gasteiger partial charge is 1.00 e. The van der Waals surface area contributed by atoms with Crippen LogP contribution in [-0.4, -0.2) is 13.6 Å². The number of hydrogen-bond acceptors (Lipinski definition) is 1. The summed E-state index contributed by atoms with van der Waals surface area (Å²) in [7, 11) is 0. The maximum Gasteiger partial charge on any atom is 1.00 e. The van der Waals surface area contributed by atoms with E-state index in [0.29, 0.717) is 12.5 Å². The van der Waals surface area contributed by atoms with Gasteiger partial charge in [0, 0.05) is 6.42 Å². The van der Waals surface area contributed by atoms with E-state index in [1.54, 1.807) is 6.92 Å². The van der Waals surface area contributed by atoms with Gasteiger partial charge < -0.3 is 17.7 Å². The van der Waals surface area contributed by atoms with Crippen molar-refractivity contribution in [3.8, 4) is 5.75 Å². The molecule has 0 amide bonds. The standard InChI is InChI=1S/C11H12BF4O.K/c1-8(2)5-6-17-11-4-3-9(13)7-10(11)12(14,15)16;/h3-4,7H,1,5-6H2,2H3;/q-1;+1. The van der Waals surface area contributed by atoms with Crippen LogP contribution >= 0.6 is 0 Å². The summed E-state index contributed by atoms with van der Waals surface area (Å²) in [6.07, 6.45) is 0.460. The van der Waals surface area contributed by atoms with Crippen molar-refractivity contribution < 1.29 is 73.5 Å². The summed E-state index contributed by atoms with van der Waals surface area (Å²) in [6, 6.07) is 2.40. The predicted octanol–water partition coefficient (Wildman–Crippen LogP) is 0.229. The average Bonchev–Trinajstić information content (AvgIpc) is 2.18. The molecule has 1 aromatic rings. The molecule has 0 aliphatic rings. The third kappa shape index (κ3) is 5.88. The van der Waals surface area contributed by atoms with Gasteiger partial charge in [0.15, 0.2) is 0 Å². The van der Waals surface area contributed by atoms with E-state index in [0.717, 1.165) is 17.7 Å². The van der Waals surface area contributed by atoms with Gasteiger partial charge in [0.1, 0.15) is 5.82 Å². The number of ether oxygens (including phenoxy) is 1. The SMILES string of the molecule is C=C(C)CCOc1ccc(F)cc1[B-](F)(F)F.[K+]. The van der Waals surface area contributed by atoms with E-state index in [4.69, 9.17) is 4.74 Å². The molecule has 0 saturated carbocycles. The Morgan fingerprint density at radius 3 is 2.44 bits per heavy atom. The van der Waals surface area contributed by atoms with Crippen LogP contribution in [0, 0.1) is 5.82 Å². The van der Waals surface area contributed by atoms with Crippen molar-refractivity contribution in [1.82, 2.24) is 0 Å². The zero-order valence-corrected chi connectivity index (χ0v) is 13.5. The Balaban J connectivity index is 0.00000289. The average molecular weight is 286 g/mol. The van der Waals surface area contributed by atoms with Crippen LogP contribution in [0.15, 0.2) is 30.4 Å². The first-order chi connectivity index (χ1) is 7.80. The fraction of sp³-hybridized carbons (Fsp3) is 0.273. The predicted molar refractivity (Wildman–Crippen MR) is 60.0 cm³/mol. The van der Waals surface area contributed by atoms with Gasteiger partial charge in [-0.3, -0.25) is 0 Å². The van der Waals surface area contributed by atoms with Gasteiger partial charge in [0.2, 0.25) is 0 Å². The topological polar surface area (TPSA) is 9.23 Å². The van der Waals surface area contributed by atoms with Crippen LogP contribution in [0.3, 0.4) is 0 Å². The molecule has 94 valence electrons. The summed E-state index contributed by atoms with van der Waals surface area (Å²) in [6.45, 7) is 0.187. The molecule has 18 heavy (non-hydrogen) atoms. The van der Waals surface area contributed by atoms with Gasteiger partial charge in [-0.05, 0) is 25.1 Å². The van der Waals surface area contributed by atoms with Crippen molar-refractivity contribution in [3.05, 3.63) is 36.2 Å². The Hall–Kier alpha value is 0.181. The second-order valence-corrected chi connectivity index (χ2v) is 3.81. The van der Waals surface area contributed by atoms with E-state index in [1.807, 2.05) is 0 Å². The normalized spacial score (nSPS) is 10.7. The molecule has 1 rings (SSSR count). The summed E-state index contributed by atoms with van der Waals surface area (Å²) < 4.78 is 55.6. The van der Waals surface area contributed by atoms with E-state index in [2.05, 4.69) is 6.58 Å². The summed E-state index contributed by atoms with van der Waals surface area (Å²) >= 11 is 0. The van der Waals surface area contributed by atoms with Crippen molar-refractivity contribution in [2.24, 2.45) is 0 Å². The first kappa shape index (κ1) is 18.2. The van der Waals surface area contributed by atoms with Crippen LogP contribution < -0.4 is 61.6 Å². The van der Waals surface area contributed by atoms with Gasteiger partial charge in [-0.15, -0.1) is 6.58 Å². The van der Waals surface area contributed by atoms with Gasteiger partial charge in [-0.1, -0.05) is 11.0 Å². The zero-order valence-electron chi connectivity index (χ0n) is 10.4. The summed E-state index contributed by atoms with van der Waals surface area (Å²) in [4.78, 5) is 0. The summed E-state index contributed by atoms with van der Waals surface area (Å²) in [5, 5.41) is 0. The number of hydrogen-bond donors (Lipinski definition) is 0. The van der Waals surface area contributed by atoms with E-state index in [9.17, 15) is 17.3 Å². The minimum absolute atomic E-state index is 0. The van der Waals surface area contributed by atoms with Gasteiger partial charge in [0.05, 0.1) is 12.4 Å². The Morgan fingerprint density at radius 2 is 1.94 bits per heavy atom. The third-order valence-electron chi connectivity index (χ3n) is 2.11. The Labute approximate surface area is 146 Å². The first-order valence-corrected chi connectivity index (χ1v) is 5.07.